The van der Waals surface area contributed by atoms with Crippen molar-refractivity contribution in [2.75, 3.05) is 11.9 Å². The number of nitrogens with zero attached hydrogens (tertiary/aromatic N) is 1. The summed E-state index contributed by atoms with van der Waals surface area (Å²) in [6.07, 6.45) is 0.500. The molecule has 0 aromatic heterocycles. The Morgan fingerprint density at radius 3 is 2.54 bits per heavy atom. The van der Waals surface area contributed by atoms with Gasteiger partial charge in [0.25, 0.3) is 0 Å². The highest BCUT2D eigenvalue weighted by molar-refractivity contribution is 6.04. The van der Waals surface area contributed by atoms with E-state index in [-0.39, 0.29) is 12.1 Å². The molecule has 8 heteroatoms. The van der Waals surface area contributed by atoms with Crippen molar-refractivity contribution < 1.29 is 17.6 Å². The van der Waals surface area contributed by atoms with Crippen molar-refractivity contribution in [2.24, 2.45) is 10.7 Å². The summed E-state index contributed by atoms with van der Waals surface area (Å²) >= 11 is 0. The number of nitrogens with two attached hydrogens (primary N) is 1. The summed E-state index contributed by atoms with van der Waals surface area (Å²) in [5.74, 6) is -0.0400. The van der Waals surface area contributed by atoms with Gasteiger partial charge in [0.1, 0.15) is 11.7 Å². The molecular formula is C27H32F4N4. The molecule has 2 aromatic carbocycles. The van der Waals surface area contributed by atoms with Crippen LogP contribution >= 0.6 is 0 Å². The van der Waals surface area contributed by atoms with E-state index in [0.717, 1.165) is 37.3 Å². The lowest BCUT2D eigenvalue weighted by molar-refractivity contribution is -0.138. The van der Waals surface area contributed by atoms with Gasteiger partial charge in [0.15, 0.2) is 0 Å². The molecule has 188 valence electrons. The highest BCUT2D eigenvalue weighted by Crippen LogP contribution is 2.32. The van der Waals surface area contributed by atoms with Gasteiger partial charge in [0.05, 0.1) is 17.8 Å². The number of aliphatic imine (C=N–C) groups is 1. The molecule has 0 radical (unpaired) electrons. The number of hydrogen-bond acceptors (Lipinski definition) is 3. The monoisotopic (exact) mass is 488 g/mol. The van der Waals surface area contributed by atoms with Crippen LogP contribution in [0.15, 0.2) is 65.3 Å². The van der Waals surface area contributed by atoms with E-state index in [4.69, 9.17) is 5.73 Å². The molecule has 1 aliphatic rings. The number of hydrogen-bond donors (Lipinski definition) is 3. The third kappa shape index (κ3) is 6.87. The van der Waals surface area contributed by atoms with E-state index in [9.17, 15) is 17.6 Å². The molecular weight excluding hydrogens is 456 g/mol. The molecule has 0 fully saturated rings. The predicted octanol–water partition coefficient (Wildman–Crippen LogP) is 7.00. The van der Waals surface area contributed by atoms with Gasteiger partial charge in [-0.1, -0.05) is 50.3 Å². The Labute approximate surface area is 204 Å². The Hall–Kier alpha value is -3.29. The summed E-state index contributed by atoms with van der Waals surface area (Å²) in [7, 11) is 0. The minimum absolute atomic E-state index is 0.0637. The first-order valence-electron chi connectivity index (χ1n) is 11.9. The minimum Gasteiger partial charge on any atom is -0.402 e. The van der Waals surface area contributed by atoms with Crippen molar-refractivity contribution in [3.63, 3.8) is 0 Å². The minimum atomic E-state index is -4.48. The number of rotatable bonds is 8. The number of benzene rings is 2. The third-order valence-corrected chi connectivity index (χ3v) is 5.94. The molecule has 0 spiro atoms. The Balaban J connectivity index is 1.99. The van der Waals surface area contributed by atoms with Gasteiger partial charge in [0, 0.05) is 29.1 Å². The highest BCUT2D eigenvalue weighted by Gasteiger charge is 2.32. The first-order valence-corrected chi connectivity index (χ1v) is 11.9. The summed E-state index contributed by atoms with van der Waals surface area (Å²) in [6.45, 7) is 6.45. The molecule has 0 heterocycles. The first-order chi connectivity index (χ1) is 16.7. The maximum Gasteiger partial charge on any atom is 0.416 e. The zero-order chi connectivity index (χ0) is 25.4. The second-order valence-corrected chi connectivity index (χ2v) is 8.58. The predicted molar refractivity (Wildman–Crippen MR) is 134 cm³/mol. The molecule has 2 aromatic rings. The fourth-order valence-electron chi connectivity index (χ4n) is 4.10. The third-order valence-electron chi connectivity index (χ3n) is 5.94. The van der Waals surface area contributed by atoms with Crippen LogP contribution in [0.1, 0.15) is 62.1 Å². The number of halogens is 4. The molecule has 0 bridgehead atoms. The Kier molecular flexibility index (Phi) is 8.95. The maximum atomic E-state index is 14.6. The molecule has 1 aliphatic carbocycles. The number of para-hydroxylation sites is 1. The van der Waals surface area contributed by atoms with Crippen LogP contribution in [-0.4, -0.2) is 12.4 Å². The molecule has 0 amide bonds. The van der Waals surface area contributed by atoms with Crippen LogP contribution in [-0.2, 0) is 12.7 Å². The molecule has 0 aliphatic heterocycles. The summed E-state index contributed by atoms with van der Waals surface area (Å²) < 4.78 is 55.1. The van der Waals surface area contributed by atoms with Crippen LogP contribution in [0, 0.1) is 5.82 Å². The molecule has 35 heavy (non-hydrogen) atoms. The van der Waals surface area contributed by atoms with Gasteiger partial charge in [-0.05, 0) is 49.8 Å². The number of anilines is 1. The second-order valence-electron chi connectivity index (χ2n) is 8.58. The topological polar surface area (TPSA) is 62.4 Å². The van der Waals surface area contributed by atoms with E-state index in [1.807, 2.05) is 6.92 Å². The average molecular weight is 489 g/mol. The van der Waals surface area contributed by atoms with Crippen LogP contribution < -0.4 is 16.4 Å². The summed E-state index contributed by atoms with van der Waals surface area (Å²) in [6, 6.07) is 10.1. The Bertz CT molecular complexity index is 1100. The van der Waals surface area contributed by atoms with Gasteiger partial charge < -0.3 is 16.4 Å². The smallest absolute Gasteiger partial charge is 0.402 e. The van der Waals surface area contributed by atoms with Gasteiger partial charge >= 0.3 is 6.18 Å². The lowest BCUT2D eigenvalue weighted by Gasteiger charge is -2.20. The fraction of sp³-hybridized carbons (Fsp3) is 0.370. The molecule has 0 atom stereocenters. The van der Waals surface area contributed by atoms with Crippen LogP contribution in [0.25, 0.3) is 5.70 Å². The van der Waals surface area contributed by atoms with Crippen molar-refractivity contribution in [3.8, 4) is 0 Å². The standard InChI is InChI=1S/C27H32F4N4/c1-3-16-33-25-20(12-9-14-23(25)28)18(2)35-26(21-11-5-4-6-15-24(21)32)34-17-19-10-7-8-13-22(19)27(29,30)31/h7-10,12-14,33H,2-6,11,15-17,32H2,1H3,(H,34,35). The number of allylic oxidation sites excluding steroid dienone is 1. The quantitative estimate of drug-likeness (QED) is 0.213. The molecule has 0 saturated heterocycles. The van der Waals surface area contributed by atoms with E-state index < -0.39 is 17.6 Å². The molecule has 4 nitrogen and oxygen atoms in total. The largest absolute Gasteiger partial charge is 0.416 e. The number of nitrogens with one attached hydrogen (secondary N) is 2. The van der Waals surface area contributed by atoms with Crippen molar-refractivity contribution in [1.82, 2.24) is 5.32 Å². The lowest BCUT2D eigenvalue weighted by Crippen LogP contribution is -2.27. The SMILES string of the molecule is C=C(NC(=NCc1ccccc1C(F)(F)F)C1=C(N)CCCCC1)c1cccc(F)c1NCCC. The van der Waals surface area contributed by atoms with E-state index in [2.05, 4.69) is 22.2 Å². The van der Waals surface area contributed by atoms with Gasteiger partial charge in [-0.25, -0.2) is 4.39 Å². The maximum absolute atomic E-state index is 14.6. The van der Waals surface area contributed by atoms with Crippen molar-refractivity contribution >= 4 is 17.2 Å². The zero-order valence-electron chi connectivity index (χ0n) is 19.9. The number of alkyl halides is 3. The van der Waals surface area contributed by atoms with E-state index in [1.165, 1.54) is 18.2 Å². The molecule has 4 N–H and O–H groups in total. The first kappa shape index (κ1) is 26.3. The van der Waals surface area contributed by atoms with Gasteiger partial charge in [-0.2, -0.15) is 13.2 Å². The fourth-order valence-corrected chi connectivity index (χ4v) is 4.10. The average Bonchev–Trinajstić information content (AvgIpc) is 3.04. The second kappa shape index (κ2) is 11.9. The van der Waals surface area contributed by atoms with Gasteiger partial charge in [-0.3, -0.25) is 4.99 Å². The molecule has 0 saturated carbocycles. The van der Waals surface area contributed by atoms with Crippen LogP contribution in [0.2, 0.25) is 0 Å². The van der Waals surface area contributed by atoms with Crippen molar-refractivity contribution in [1.29, 1.82) is 0 Å². The van der Waals surface area contributed by atoms with E-state index in [1.54, 1.807) is 18.2 Å². The normalized spacial score (nSPS) is 15.1. The highest BCUT2D eigenvalue weighted by atomic mass is 19.4. The van der Waals surface area contributed by atoms with Crippen LogP contribution in [0.5, 0.6) is 0 Å². The Morgan fingerprint density at radius 1 is 1.06 bits per heavy atom. The zero-order valence-corrected chi connectivity index (χ0v) is 19.9. The molecule has 0 unspecified atom stereocenters. The van der Waals surface area contributed by atoms with E-state index >= 15 is 0 Å². The van der Waals surface area contributed by atoms with Crippen LogP contribution in [0.3, 0.4) is 0 Å². The number of amidine groups is 1. The summed E-state index contributed by atoms with van der Waals surface area (Å²) in [4.78, 5) is 4.56. The van der Waals surface area contributed by atoms with Crippen molar-refractivity contribution in [2.45, 2.75) is 58.2 Å². The molecule has 3 rings (SSSR count). The summed E-state index contributed by atoms with van der Waals surface area (Å²) in [5.41, 5.74) is 8.36. The van der Waals surface area contributed by atoms with Crippen molar-refractivity contribution in [3.05, 3.63) is 82.8 Å². The lowest BCUT2D eigenvalue weighted by atomic mass is 10.0. The van der Waals surface area contributed by atoms with E-state index in [0.29, 0.717) is 47.9 Å². The van der Waals surface area contributed by atoms with Crippen LogP contribution in [0.4, 0.5) is 23.2 Å². The summed E-state index contributed by atoms with van der Waals surface area (Å²) in [5, 5.41) is 6.25. The Morgan fingerprint density at radius 2 is 1.80 bits per heavy atom. The van der Waals surface area contributed by atoms with Gasteiger partial charge in [0.2, 0.25) is 0 Å². The van der Waals surface area contributed by atoms with Gasteiger partial charge in [-0.15, -0.1) is 0 Å².